The first-order valence-electron chi connectivity index (χ1n) is 11.0. The third-order valence-corrected chi connectivity index (χ3v) is 3.84. The number of thiocarbonyl (C=S) groups is 1. The third-order valence-electron chi connectivity index (χ3n) is 3.65. The molecule has 0 aliphatic carbocycles. The van der Waals surface area contributed by atoms with E-state index in [4.69, 9.17) is 35.4 Å². The van der Waals surface area contributed by atoms with Gasteiger partial charge in [0.05, 0.1) is 38.3 Å². The average molecular weight is 508 g/mol. The van der Waals surface area contributed by atoms with Crippen LogP contribution in [0.3, 0.4) is 0 Å². The summed E-state index contributed by atoms with van der Waals surface area (Å²) < 4.78 is 25.4. The Morgan fingerprint density at radius 2 is 1.49 bits per heavy atom. The van der Waals surface area contributed by atoms with E-state index >= 15 is 0 Å². The molecule has 0 bridgehead atoms. The standard InChI is InChI=1S/C11H15N3O2S.C11H13N3O2.CH3F/c1-6(2)16-11(15)14-8-4-7(3)9(10(12)17)13-5-8;1-7(2)16-11(15)14-9-5-8(3)10(12-4)13-6-9;1-2/h4-6H,1-3H3,(H2,12,17)(H,14,15);5-7H,1-3H3,(H,14,15);1H3/i;;1D. The fraction of sp³-hybridized carbons (Fsp3) is 0.391. The normalized spacial score (nSPS) is 9.89. The number of alkyl halides is 1. The van der Waals surface area contributed by atoms with Crippen LogP contribution in [0.2, 0.25) is 0 Å². The number of nitrogens with one attached hydrogen (secondary N) is 2. The van der Waals surface area contributed by atoms with Crippen molar-refractivity contribution in [1.29, 1.82) is 0 Å². The van der Waals surface area contributed by atoms with Gasteiger partial charge in [-0.1, -0.05) is 18.8 Å². The van der Waals surface area contributed by atoms with Crippen molar-refractivity contribution in [2.24, 2.45) is 5.73 Å². The van der Waals surface area contributed by atoms with Crippen molar-refractivity contribution in [2.75, 3.05) is 17.8 Å². The maximum atomic E-state index is 11.3. The van der Waals surface area contributed by atoms with Gasteiger partial charge in [-0.2, -0.15) is 0 Å². The second kappa shape index (κ2) is 15.9. The van der Waals surface area contributed by atoms with E-state index in [0.717, 1.165) is 11.1 Å². The largest absolute Gasteiger partial charge is 0.447 e. The molecule has 190 valence electrons. The van der Waals surface area contributed by atoms with E-state index < -0.39 is 19.3 Å². The van der Waals surface area contributed by atoms with Crippen LogP contribution in [-0.2, 0) is 9.47 Å². The molecular formula is C23H31FN6O4S. The van der Waals surface area contributed by atoms with Gasteiger partial charge in [-0.15, -0.1) is 4.98 Å². The quantitative estimate of drug-likeness (QED) is 0.359. The maximum absolute atomic E-state index is 11.3. The van der Waals surface area contributed by atoms with Crippen LogP contribution in [0.4, 0.5) is 31.2 Å². The van der Waals surface area contributed by atoms with E-state index in [1.54, 1.807) is 46.8 Å². The van der Waals surface area contributed by atoms with Crippen LogP contribution >= 0.6 is 12.2 Å². The summed E-state index contributed by atoms with van der Waals surface area (Å²) in [5, 5.41) is 5.11. The first-order valence-corrected chi connectivity index (χ1v) is 10.7. The van der Waals surface area contributed by atoms with Gasteiger partial charge in [0.2, 0.25) is 0 Å². The summed E-state index contributed by atoms with van der Waals surface area (Å²) in [5.74, 6) is 0.336. The number of rotatable bonds is 5. The number of anilines is 2. The Hall–Kier alpha value is -3.85. The van der Waals surface area contributed by atoms with E-state index in [1.807, 2.05) is 6.92 Å². The number of amides is 2. The van der Waals surface area contributed by atoms with Crippen molar-refractivity contribution < 1.29 is 24.8 Å². The topological polar surface area (TPSA) is 133 Å². The number of nitrogens with zero attached hydrogens (tertiary/aromatic N) is 3. The highest BCUT2D eigenvalue weighted by atomic mass is 32.1. The Kier molecular flexibility index (Phi) is 13.3. The Morgan fingerprint density at radius 3 is 1.83 bits per heavy atom. The van der Waals surface area contributed by atoms with Crippen LogP contribution in [0.25, 0.3) is 4.85 Å². The van der Waals surface area contributed by atoms with Crippen molar-refractivity contribution in [2.45, 2.75) is 53.8 Å². The van der Waals surface area contributed by atoms with Gasteiger partial charge in [-0.3, -0.25) is 20.0 Å². The zero-order chi connectivity index (χ0) is 27.8. The third kappa shape index (κ3) is 12.3. The zero-order valence-corrected chi connectivity index (χ0v) is 21.3. The fourth-order valence-electron chi connectivity index (χ4n) is 2.38. The van der Waals surface area contributed by atoms with E-state index in [2.05, 4.69) is 25.4 Å². The molecule has 2 aromatic rings. The van der Waals surface area contributed by atoms with E-state index in [-0.39, 0.29) is 17.2 Å². The summed E-state index contributed by atoms with van der Waals surface area (Å²) in [5.41, 5.74) is 8.64. The van der Waals surface area contributed by atoms with E-state index in [1.165, 1.54) is 12.4 Å². The molecule has 0 saturated carbocycles. The molecular weight excluding hydrogens is 475 g/mol. The molecule has 2 heterocycles. The van der Waals surface area contributed by atoms with Crippen molar-refractivity contribution in [3.63, 3.8) is 0 Å². The highest BCUT2D eigenvalue weighted by Gasteiger charge is 2.09. The minimum absolute atomic E-state index is 0.167. The van der Waals surface area contributed by atoms with Gasteiger partial charge in [0, 0.05) is 0 Å². The summed E-state index contributed by atoms with van der Waals surface area (Å²) in [6, 6.07) is 3.42. The summed E-state index contributed by atoms with van der Waals surface area (Å²) >= 11 is 4.84. The molecule has 4 N–H and O–H groups in total. The molecule has 10 nitrogen and oxygen atoms in total. The summed E-state index contributed by atoms with van der Waals surface area (Å²) in [4.78, 5) is 34.1. The number of pyridine rings is 2. The van der Waals surface area contributed by atoms with Gasteiger partial charge in [-0.05, 0) is 64.8 Å². The van der Waals surface area contributed by atoms with E-state index in [0.29, 0.717) is 22.9 Å². The second-order valence-electron chi connectivity index (χ2n) is 7.39. The molecule has 35 heavy (non-hydrogen) atoms. The molecule has 0 unspecified atom stereocenters. The number of hydrogen-bond acceptors (Lipinski definition) is 7. The Morgan fingerprint density at radius 1 is 1.06 bits per heavy atom. The van der Waals surface area contributed by atoms with Crippen LogP contribution in [-0.4, -0.2) is 46.5 Å². The number of halogens is 1. The van der Waals surface area contributed by atoms with Gasteiger partial charge in [0.15, 0.2) is 0 Å². The maximum Gasteiger partial charge on any atom is 0.411 e. The second-order valence-corrected chi connectivity index (χ2v) is 7.83. The summed E-state index contributed by atoms with van der Waals surface area (Å²) in [6.45, 7) is 17.5. The molecule has 0 aliphatic heterocycles. The number of carbonyl (C=O) groups excluding carboxylic acids is 2. The monoisotopic (exact) mass is 507 g/mol. The van der Waals surface area contributed by atoms with E-state index in [9.17, 15) is 14.0 Å². The first kappa shape index (κ1) is 29.2. The molecule has 2 aromatic heterocycles. The zero-order valence-electron chi connectivity index (χ0n) is 21.5. The summed E-state index contributed by atoms with van der Waals surface area (Å²) in [7, 11) is -1.00. The average Bonchev–Trinajstić information content (AvgIpc) is 2.73. The van der Waals surface area contributed by atoms with Crippen molar-refractivity contribution in [1.82, 2.24) is 9.97 Å². The van der Waals surface area contributed by atoms with Crippen molar-refractivity contribution >= 4 is 46.6 Å². The molecule has 0 atom stereocenters. The predicted octanol–water partition coefficient (Wildman–Crippen LogP) is 5.46. The SMILES string of the molecule is Cc1cc(NC(=O)OC(C)C)cnc1C(N)=S.[2H]CF.[C-]#[N+]c1ncc(NC(=O)OC(C)C)cc1C. The molecule has 0 radical (unpaired) electrons. The molecule has 0 fully saturated rings. The molecule has 2 rings (SSSR count). The molecule has 2 amide bonds. The lowest BCUT2D eigenvalue weighted by molar-refractivity contribution is 0.129. The summed E-state index contributed by atoms with van der Waals surface area (Å²) in [6.07, 6.45) is 1.55. The number of hydrogen-bond donors (Lipinski definition) is 3. The smallest absolute Gasteiger partial charge is 0.411 e. The highest BCUT2D eigenvalue weighted by Crippen LogP contribution is 2.18. The van der Waals surface area contributed by atoms with Crippen molar-refractivity contribution in [3.8, 4) is 0 Å². The Bertz CT molecular complexity index is 1080. The van der Waals surface area contributed by atoms with Crippen LogP contribution in [0.15, 0.2) is 24.5 Å². The number of carbonyl (C=O) groups is 2. The van der Waals surface area contributed by atoms with Gasteiger partial charge >= 0.3 is 12.2 Å². The van der Waals surface area contributed by atoms with Gasteiger partial charge < -0.3 is 20.1 Å². The first-order chi connectivity index (χ1) is 16.8. The van der Waals surface area contributed by atoms with Gasteiger partial charge in [0.1, 0.15) is 16.9 Å². The molecule has 0 aliphatic rings. The van der Waals surface area contributed by atoms with Gasteiger partial charge in [-0.25, -0.2) is 9.59 Å². The lowest BCUT2D eigenvalue weighted by atomic mass is 10.2. The van der Waals surface area contributed by atoms with Gasteiger partial charge in [0.25, 0.3) is 5.82 Å². The molecule has 0 aromatic carbocycles. The number of aromatic nitrogens is 2. The van der Waals surface area contributed by atoms with Crippen LogP contribution in [0.1, 0.15) is 45.9 Å². The minimum atomic E-state index is -1.00. The lowest BCUT2D eigenvalue weighted by Gasteiger charge is -2.10. The molecule has 0 saturated heterocycles. The Balaban J connectivity index is 0.000000614. The van der Waals surface area contributed by atoms with Crippen LogP contribution in [0.5, 0.6) is 0 Å². The predicted molar refractivity (Wildman–Crippen MR) is 138 cm³/mol. The fourth-order valence-corrected chi connectivity index (χ4v) is 2.59. The lowest BCUT2D eigenvalue weighted by Crippen LogP contribution is -2.19. The van der Waals surface area contributed by atoms with Crippen molar-refractivity contribution in [3.05, 3.63) is 52.8 Å². The Labute approximate surface area is 211 Å². The van der Waals surface area contributed by atoms with Crippen LogP contribution in [0, 0.1) is 20.4 Å². The number of nitrogens with two attached hydrogens (primary N) is 1. The molecule has 12 heteroatoms. The highest BCUT2D eigenvalue weighted by molar-refractivity contribution is 7.80. The molecule has 0 spiro atoms. The number of aryl methyl sites for hydroxylation is 2. The minimum Gasteiger partial charge on any atom is -0.447 e. The van der Waals surface area contributed by atoms with Crippen LogP contribution < -0.4 is 16.4 Å². The number of ether oxygens (including phenoxy) is 2.